The summed E-state index contributed by atoms with van der Waals surface area (Å²) in [5.41, 5.74) is 1.25. The summed E-state index contributed by atoms with van der Waals surface area (Å²) in [5, 5.41) is 5.92. The minimum absolute atomic E-state index is 0.0324. The van der Waals surface area contributed by atoms with Gasteiger partial charge < -0.3 is 10.6 Å². The van der Waals surface area contributed by atoms with Crippen LogP contribution in [0, 0.1) is 0 Å². The van der Waals surface area contributed by atoms with Crippen molar-refractivity contribution in [3.63, 3.8) is 0 Å². The van der Waals surface area contributed by atoms with Crippen molar-refractivity contribution in [3.8, 4) is 0 Å². The van der Waals surface area contributed by atoms with E-state index >= 15 is 0 Å². The van der Waals surface area contributed by atoms with Crippen molar-refractivity contribution in [2.45, 2.75) is 30.2 Å². The number of sulfonamides is 1. The molecule has 1 fully saturated rings. The zero-order valence-electron chi connectivity index (χ0n) is 11.3. The summed E-state index contributed by atoms with van der Waals surface area (Å²) in [6, 6.07) is 2.84. The fourth-order valence-electron chi connectivity index (χ4n) is 2.67. The molecule has 0 spiro atoms. The molecule has 8 heteroatoms. The molecule has 114 valence electrons. The molecule has 3 rings (SSSR count). The van der Waals surface area contributed by atoms with Crippen LogP contribution < -0.4 is 15.4 Å². The lowest BCUT2D eigenvalue weighted by Crippen LogP contribution is -2.45. The van der Waals surface area contributed by atoms with Crippen LogP contribution in [-0.4, -0.2) is 33.5 Å². The molecule has 21 heavy (non-hydrogen) atoms. The molecule has 1 saturated heterocycles. The lowest BCUT2D eigenvalue weighted by atomic mass is 10.1. The van der Waals surface area contributed by atoms with E-state index in [4.69, 9.17) is 11.6 Å². The molecule has 6 nitrogen and oxygen atoms in total. The summed E-state index contributed by atoms with van der Waals surface area (Å²) in [6.07, 6.45) is 1.92. The van der Waals surface area contributed by atoms with Crippen LogP contribution in [0.25, 0.3) is 0 Å². The van der Waals surface area contributed by atoms with Crippen LogP contribution in [0.15, 0.2) is 17.0 Å². The van der Waals surface area contributed by atoms with E-state index in [-0.39, 0.29) is 28.3 Å². The fraction of sp³-hybridized carbons (Fsp3) is 0.462. The number of nitrogens with one attached hydrogen (secondary N) is 3. The second-order valence-corrected chi connectivity index (χ2v) is 7.42. The third kappa shape index (κ3) is 3.06. The number of benzene rings is 1. The zero-order valence-corrected chi connectivity index (χ0v) is 12.9. The van der Waals surface area contributed by atoms with E-state index in [0.717, 1.165) is 19.4 Å². The van der Waals surface area contributed by atoms with Gasteiger partial charge in [0.15, 0.2) is 0 Å². The molecular weight excluding hydrogens is 314 g/mol. The number of carbonyl (C=O) groups is 1. The number of hydrogen-bond donors (Lipinski definition) is 3. The Morgan fingerprint density at radius 3 is 2.86 bits per heavy atom. The molecule has 1 unspecified atom stereocenters. The first kappa shape index (κ1) is 14.8. The first-order valence-corrected chi connectivity index (χ1v) is 8.67. The number of hydrogen-bond acceptors (Lipinski definition) is 4. The van der Waals surface area contributed by atoms with Crippen LogP contribution in [0.4, 0.5) is 5.69 Å². The van der Waals surface area contributed by atoms with Gasteiger partial charge in [-0.15, -0.1) is 0 Å². The maximum atomic E-state index is 12.5. The Morgan fingerprint density at radius 2 is 2.14 bits per heavy atom. The van der Waals surface area contributed by atoms with Crippen molar-refractivity contribution in [2.75, 3.05) is 18.4 Å². The molecule has 0 bridgehead atoms. The first-order chi connectivity index (χ1) is 9.95. The molecule has 1 aromatic carbocycles. The van der Waals surface area contributed by atoms with E-state index in [0.29, 0.717) is 17.8 Å². The molecule has 2 aliphatic heterocycles. The van der Waals surface area contributed by atoms with Crippen LogP contribution in [0.1, 0.15) is 18.4 Å². The molecule has 1 atom stereocenters. The second-order valence-electron chi connectivity index (χ2n) is 5.33. The second kappa shape index (κ2) is 5.57. The van der Waals surface area contributed by atoms with Gasteiger partial charge in [0.1, 0.15) is 4.90 Å². The predicted molar refractivity (Wildman–Crippen MR) is 80.0 cm³/mol. The summed E-state index contributed by atoms with van der Waals surface area (Å²) in [6.45, 7) is 1.52. The van der Waals surface area contributed by atoms with E-state index < -0.39 is 10.0 Å². The molecule has 1 amide bonds. The quantitative estimate of drug-likeness (QED) is 0.767. The molecule has 1 aromatic rings. The summed E-state index contributed by atoms with van der Waals surface area (Å²) in [7, 11) is -3.69. The van der Waals surface area contributed by atoms with E-state index in [1.807, 2.05) is 0 Å². The van der Waals surface area contributed by atoms with Gasteiger partial charge in [0.05, 0.1) is 11.4 Å². The van der Waals surface area contributed by atoms with Crippen LogP contribution >= 0.6 is 11.6 Å². The van der Waals surface area contributed by atoms with Gasteiger partial charge in [-0.3, -0.25) is 4.79 Å². The minimum atomic E-state index is -3.69. The van der Waals surface area contributed by atoms with Crippen LogP contribution in [0.3, 0.4) is 0 Å². The van der Waals surface area contributed by atoms with Gasteiger partial charge in [-0.1, -0.05) is 11.6 Å². The van der Waals surface area contributed by atoms with E-state index in [1.165, 1.54) is 12.1 Å². The third-order valence-electron chi connectivity index (χ3n) is 3.69. The maximum Gasteiger partial charge on any atom is 0.242 e. The summed E-state index contributed by atoms with van der Waals surface area (Å²) >= 11 is 6.07. The highest BCUT2D eigenvalue weighted by Crippen LogP contribution is 2.32. The number of amides is 1. The Morgan fingerprint density at radius 1 is 1.33 bits per heavy atom. The number of fused-ring (bicyclic) bond motifs is 1. The Kier molecular flexibility index (Phi) is 3.92. The van der Waals surface area contributed by atoms with Crippen LogP contribution in [0.2, 0.25) is 5.02 Å². The lowest BCUT2D eigenvalue weighted by Gasteiger charge is -2.24. The Bertz CT molecular complexity index is 684. The highest BCUT2D eigenvalue weighted by atomic mass is 35.5. The number of rotatable bonds is 3. The van der Waals surface area contributed by atoms with Gasteiger partial charge in [-0.05, 0) is 37.1 Å². The van der Waals surface area contributed by atoms with Crippen molar-refractivity contribution in [1.82, 2.24) is 10.0 Å². The van der Waals surface area contributed by atoms with E-state index in [1.54, 1.807) is 0 Å². The Balaban J connectivity index is 1.88. The normalized spacial score (nSPS) is 22.0. The fourth-order valence-corrected chi connectivity index (χ4v) is 4.52. The topological polar surface area (TPSA) is 87.3 Å². The average molecular weight is 330 g/mol. The molecule has 2 aliphatic rings. The van der Waals surface area contributed by atoms with Gasteiger partial charge >= 0.3 is 0 Å². The summed E-state index contributed by atoms with van der Waals surface area (Å²) < 4.78 is 27.6. The monoisotopic (exact) mass is 329 g/mol. The van der Waals surface area contributed by atoms with Crippen molar-refractivity contribution in [3.05, 3.63) is 22.7 Å². The number of halogens is 1. The van der Waals surface area contributed by atoms with Gasteiger partial charge in [0.25, 0.3) is 0 Å². The SMILES string of the molecule is O=C1Cc2cc(S(=O)(=O)NC3CCCNC3)c(Cl)cc2N1. The first-order valence-electron chi connectivity index (χ1n) is 6.81. The maximum absolute atomic E-state index is 12.5. The number of carbonyl (C=O) groups excluding carboxylic acids is 1. The van der Waals surface area contributed by atoms with E-state index in [9.17, 15) is 13.2 Å². The molecule has 0 aliphatic carbocycles. The van der Waals surface area contributed by atoms with Crippen molar-refractivity contribution in [2.24, 2.45) is 0 Å². The van der Waals surface area contributed by atoms with Crippen LogP contribution in [0.5, 0.6) is 0 Å². The molecule has 0 radical (unpaired) electrons. The number of anilines is 1. The summed E-state index contributed by atoms with van der Waals surface area (Å²) in [4.78, 5) is 11.4. The largest absolute Gasteiger partial charge is 0.325 e. The lowest BCUT2D eigenvalue weighted by molar-refractivity contribution is -0.115. The van der Waals surface area contributed by atoms with Crippen molar-refractivity contribution in [1.29, 1.82) is 0 Å². The molecule has 0 aromatic heterocycles. The zero-order chi connectivity index (χ0) is 15.0. The average Bonchev–Trinajstić information content (AvgIpc) is 2.77. The van der Waals surface area contributed by atoms with Crippen molar-refractivity contribution >= 4 is 33.2 Å². The Labute approximate surface area is 128 Å². The Hall–Kier alpha value is -1.15. The molecule has 2 heterocycles. The third-order valence-corrected chi connectivity index (χ3v) is 5.68. The minimum Gasteiger partial charge on any atom is -0.325 e. The molecular formula is C13H16ClN3O3S. The molecule has 0 saturated carbocycles. The number of piperidine rings is 1. The van der Waals surface area contributed by atoms with Gasteiger partial charge in [-0.25, -0.2) is 13.1 Å². The highest BCUT2D eigenvalue weighted by molar-refractivity contribution is 7.89. The van der Waals surface area contributed by atoms with Crippen molar-refractivity contribution < 1.29 is 13.2 Å². The van der Waals surface area contributed by atoms with Gasteiger partial charge in [-0.2, -0.15) is 0 Å². The standard InChI is InChI=1S/C13H16ClN3O3S/c14-10-6-11-8(5-13(18)16-11)4-12(10)21(19,20)17-9-2-1-3-15-7-9/h4,6,9,15,17H,1-3,5,7H2,(H,16,18). The predicted octanol–water partition coefficient (Wildman–Crippen LogP) is 0.865. The molecule has 3 N–H and O–H groups in total. The van der Waals surface area contributed by atoms with Gasteiger partial charge in [0, 0.05) is 18.3 Å². The highest BCUT2D eigenvalue weighted by Gasteiger charge is 2.27. The van der Waals surface area contributed by atoms with Gasteiger partial charge in [0.2, 0.25) is 15.9 Å². The summed E-state index contributed by atoms with van der Waals surface area (Å²) in [5.74, 6) is -0.153. The van der Waals surface area contributed by atoms with E-state index in [2.05, 4.69) is 15.4 Å². The van der Waals surface area contributed by atoms with Crippen LogP contribution in [-0.2, 0) is 21.2 Å². The smallest absolute Gasteiger partial charge is 0.242 e.